The maximum atomic E-state index is 12.6. The molecule has 8 heteroatoms. The number of benzene rings is 1. The Hall–Kier alpha value is -2.48. The molecule has 128 valence electrons. The summed E-state index contributed by atoms with van der Waals surface area (Å²) in [6, 6.07) is 9.50. The highest BCUT2D eigenvalue weighted by molar-refractivity contribution is 9.10. The lowest BCUT2D eigenvalue weighted by molar-refractivity contribution is 0.0746. The molecule has 0 radical (unpaired) electrons. The van der Waals surface area contributed by atoms with Crippen LogP contribution in [0.5, 0.6) is 0 Å². The fourth-order valence-corrected chi connectivity index (χ4v) is 3.31. The second-order valence-corrected chi connectivity index (χ2v) is 6.93. The first-order valence-corrected chi connectivity index (χ1v) is 8.88. The van der Waals surface area contributed by atoms with Crippen LogP contribution in [0, 0.1) is 6.92 Å². The minimum atomic E-state index is 0.0731. The number of aryl methyl sites for hydroxylation is 1. The van der Waals surface area contributed by atoms with E-state index in [0.29, 0.717) is 18.9 Å². The van der Waals surface area contributed by atoms with Crippen molar-refractivity contribution in [2.24, 2.45) is 0 Å². The lowest BCUT2D eigenvalue weighted by atomic mass is 10.2. The SMILES string of the molecule is Cc1cc(N2CCN(C(=O)c3ccc(Br)cc3)CC2)n2ncnc2n1. The molecular formula is C17H17BrN6O. The van der Waals surface area contributed by atoms with Gasteiger partial charge in [-0.15, -0.1) is 0 Å². The molecule has 1 amide bonds. The van der Waals surface area contributed by atoms with Crippen molar-refractivity contribution in [2.75, 3.05) is 31.1 Å². The number of carbonyl (C=O) groups excluding carboxylic acids is 1. The third kappa shape index (κ3) is 3.09. The van der Waals surface area contributed by atoms with E-state index in [0.717, 1.165) is 34.6 Å². The average Bonchev–Trinajstić information content (AvgIpc) is 3.09. The summed E-state index contributed by atoms with van der Waals surface area (Å²) in [6.45, 7) is 4.80. The molecule has 0 spiro atoms. The zero-order chi connectivity index (χ0) is 17.4. The van der Waals surface area contributed by atoms with Crippen molar-refractivity contribution in [2.45, 2.75) is 6.92 Å². The summed E-state index contributed by atoms with van der Waals surface area (Å²) in [4.78, 5) is 25.3. The summed E-state index contributed by atoms with van der Waals surface area (Å²) >= 11 is 3.40. The maximum Gasteiger partial charge on any atom is 0.254 e. The lowest BCUT2D eigenvalue weighted by Gasteiger charge is -2.36. The number of anilines is 1. The van der Waals surface area contributed by atoms with E-state index in [9.17, 15) is 4.79 Å². The van der Waals surface area contributed by atoms with Crippen molar-refractivity contribution in [1.82, 2.24) is 24.5 Å². The molecule has 3 aromatic rings. The third-order valence-corrected chi connectivity index (χ3v) is 4.87. The van der Waals surface area contributed by atoms with Crippen LogP contribution in [-0.4, -0.2) is 56.6 Å². The number of carbonyl (C=O) groups is 1. The third-order valence-electron chi connectivity index (χ3n) is 4.34. The van der Waals surface area contributed by atoms with E-state index in [1.165, 1.54) is 6.33 Å². The minimum absolute atomic E-state index is 0.0731. The normalized spacial score (nSPS) is 15.0. The molecule has 1 fully saturated rings. The van der Waals surface area contributed by atoms with Crippen molar-refractivity contribution >= 4 is 33.4 Å². The Morgan fingerprint density at radius 1 is 1.12 bits per heavy atom. The number of rotatable bonds is 2. The van der Waals surface area contributed by atoms with Gasteiger partial charge in [-0.2, -0.15) is 14.6 Å². The summed E-state index contributed by atoms with van der Waals surface area (Å²) in [5, 5.41) is 4.26. The van der Waals surface area contributed by atoms with Crippen LogP contribution < -0.4 is 4.90 Å². The Labute approximate surface area is 153 Å². The van der Waals surface area contributed by atoms with Gasteiger partial charge in [-0.1, -0.05) is 15.9 Å². The Kier molecular flexibility index (Phi) is 4.12. The van der Waals surface area contributed by atoms with Crippen molar-refractivity contribution in [1.29, 1.82) is 0 Å². The van der Waals surface area contributed by atoms with Gasteiger partial charge in [0.1, 0.15) is 12.1 Å². The molecule has 1 aliphatic rings. The molecule has 0 N–H and O–H groups in total. The van der Waals surface area contributed by atoms with E-state index in [1.54, 1.807) is 4.52 Å². The van der Waals surface area contributed by atoms with Gasteiger partial charge in [0, 0.05) is 48.0 Å². The van der Waals surface area contributed by atoms with Gasteiger partial charge in [0.15, 0.2) is 0 Å². The number of hydrogen-bond donors (Lipinski definition) is 0. The number of fused-ring (bicyclic) bond motifs is 1. The minimum Gasteiger partial charge on any atom is -0.353 e. The van der Waals surface area contributed by atoms with E-state index >= 15 is 0 Å². The van der Waals surface area contributed by atoms with Crippen LogP contribution >= 0.6 is 15.9 Å². The monoisotopic (exact) mass is 400 g/mol. The Morgan fingerprint density at radius 2 is 1.84 bits per heavy atom. The molecule has 1 aliphatic heterocycles. The second kappa shape index (κ2) is 6.44. The smallest absolute Gasteiger partial charge is 0.254 e. The molecule has 3 heterocycles. The van der Waals surface area contributed by atoms with Gasteiger partial charge in [0.05, 0.1) is 0 Å². The van der Waals surface area contributed by atoms with Crippen LogP contribution in [0.2, 0.25) is 0 Å². The first-order valence-electron chi connectivity index (χ1n) is 8.09. The molecule has 0 saturated carbocycles. The highest BCUT2D eigenvalue weighted by Crippen LogP contribution is 2.19. The Balaban J connectivity index is 1.50. The molecule has 7 nitrogen and oxygen atoms in total. The second-order valence-electron chi connectivity index (χ2n) is 6.01. The van der Waals surface area contributed by atoms with Crippen LogP contribution in [-0.2, 0) is 0 Å². The molecule has 2 aromatic heterocycles. The quantitative estimate of drug-likeness (QED) is 0.659. The average molecular weight is 401 g/mol. The summed E-state index contributed by atoms with van der Waals surface area (Å²) in [6.07, 6.45) is 1.51. The van der Waals surface area contributed by atoms with Crippen LogP contribution in [0.15, 0.2) is 41.1 Å². The van der Waals surface area contributed by atoms with Gasteiger partial charge >= 0.3 is 0 Å². The van der Waals surface area contributed by atoms with E-state index in [-0.39, 0.29) is 5.91 Å². The van der Waals surface area contributed by atoms with E-state index in [2.05, 4.69) is 35.9 Å². The fourth-order valence-electron chi connectivity index (χ4n) is 3.05. The lowest BCUT2D eigenvalue weighted by Crippen LogP contribution is -2.49. The molecule has 4 rings (SSSR count). The zero-order valence-corrected chi connectivity index (χ0v) is 15.3. The van der Waals surface area contributed by atoms with Crippen LogP contribution in [0.4, 0.5) is 5.82 Å². The molecule has 25 heavy (non-hydrogen) atoms. The number of nitrogens with zero attached hydrogens (tertiary/aromatic N) is 6. The molecule has 0 bridgehead atoms. The number of aromatic nitrogens is 4. The van der Waals surface area contributed by atoms with E-state index in [4.69, 9.17) is 0 Å². The van der Waals surface area contributed by atoms with Crippen molar-refractivity contribution in [3.05, 3.63) is 52.4 Å². The van der Waals surface area contributed by atoms with Crippen molar-refractivity contribution < 1.29 is 4.79 Å². The van der Waals surface area contributed by atoms with Gasteiger partial charge in [-0.05, 0) is 31.2 Å². The van der Waals surface area contributed by atoms with E-state index in [1.807, 2.05) is 42.2 Å². The summed E-state index contributed by atoms with van der Waals surface area (Å²) in [5.74, 6) is 1.64. The molecule has 0 unspecified atom stereocenters. The van der Waals surface area contributed by atoms with E-state index < -0.39 is 0 Å². The number of hydrogen-bond acceptors (Lipinski definition) is 5. The summed E-state index contributed by atoms with van der Waals surface area (Å²) < 4.78 is 2.72. The predicted octanol–water partition coefficient (Wildman–Crippen LogP) is 2.16. The standard InChI is InChI=1S/C17H17BrN6O/c1-12-10-15(24-17(21-12)19-11-20-24)22-6-8-23(9-7-22)16(25)13-2-4-14(18)5-3-13/h2-5,10-11H,6-9H2,1H3. The van der Waals surface area contributed by atoms with Gasteiger partial charge in [0.2, 0.25) is 0 Å². The van der Waals surface area contributed by atoms with Crippen molar-refractivity contribution in [3.8, 4) is 0 Å². The molecule has 1 saturated heterocycles. The first kappa shape index (κ1) is 16.0. The summed E-state index contributed by atoms with van der Waals surface area (Å²) in [5.41, 5.74) is 1.62. The van der Waals surface area contributed by atoms with Gasteiger partial charge in [-0.25, -0.2) is 4.98 Å². The number of piperazine rings is 1. The Bertz CT molecular complexity index is 915. The first-order chi connectivity index (χ1) is 12.1. The fraction of sp³-hybridized carbons (Fsp3) is 0.294. The van der Waals surface area contributed by atoms with Crippen LogP contribution in [0.25, 0.3) is 5.78 Å². The van der Waals surface area contributed by atoms with Gasteiger partial charge in [-0.3, -0.25) is 4.79 Å². The van der Waals surface area contributed by atoms with Gasteiger partial charge in [0.25, 0.3) is 11.7 Å². The maximum absolute atomic E-state index is 12.6. The van der Waals surface area contributed by atoms with Crippen molar-refractivity contribution in [3.63, 3.8) is 0 Å². The summed E-state index contributed by atoms with van der Waals surface area (Å²) in [7, 11) is 0. The van der Waals surface area contributed by atoms with Crippen LogP contribution in [0.1, 0.15) is 16.1 Å². The largest absolute Gasteiger partial charge is 0.353 e. The molecule has 0 atom stereocenters. The molecule has 0 aliphatic carbocycles. The highest BCUT2D eigenvalue weighted by atomic mass is 79.9. The molecular weight excluding hydrogens is 384 g/mol. The topological polar surface area (TPSA) is 66.6 Å². The predicted molar refractivity (Wildman–Crippen MR) is 97.8 cm³/mol. The van der Waals surface area contributed by atoms with Gasteiger partial charge < -0.3 is 9.80 Å². The Morgan fingerprint density at radius 3 is 2.56 bits per heavy atom. The number of amides is 1. The zero-order valence-electron chi connectivity index (χ0n) is 13.8. The number of halogens is 1. The molecule has 1 aromatic carbocycles. The van der Waals surface area contributed by atoms with Crippen LogP contribution in [0.3, 0.4) is 0 Å². The highest BCUT2D eigenvalue weighted by Gasteiger charge is 2.24.